The fraction of sp³-hybridized carbons (Fsp3) is 0.357. The molecule has 0 bridgehead atoms. The van der Waals surface area contributed by atoms with Crippen LogP contribution >= 0.6 is 11.6 Å². The van der Waals surface area contributed by atoms with Crippen molar-refractivity contribution in [3.8, 4) is 17.0 Å². The zero-order valence-corrected chi connectivity index (χ0v) is 25.1. The summed E-state index contributed by atoms with van der Waals surface area (Å²) in [5.74, 6) is -0.715. The molecule has 0 unspecified atom stereocenters. The number of ether oxygens (including phenoxy) is 1. The Balaban J connectivity index is 1.45. The van der Waals surface area contributed by atoms with E-state index < -0.39 is 21.4 Å². The highest BCUT2D eigenvalue weighted by molar-refractivity contribution is 7.92. The molecule has 1 aromatic carbocycles. The number of pyridine rings is 2. The summed E-state index contributed by atoms with van der Waals surface area (Å²) < 4.78 is 50.6. The van der Waals surface area contributed by atoms with Crippen molar-refractivity contribution in [3.63, 3.8) is 0 Å². The Morgan fingerprint density at radius 3 is 2.52 bits per heavy atom. The SMILES string of the molecule is COc1ncc(Cl)cc1S(=O)(=O)Nc1cccc(-c2cc3cnc(N[C@H]4CC[C@H](N(C)C)CC4)nc3n(C)c2=O)c1F. The summed E-state index contributed by atoms with van der Waals surface area (Å²) in [5, 5.41) is 3.97. The second kappa shape index (κ2) is 11.8. The molecular formula is C28H31ClFN7O4S. The Labute approximate surface area is 247 Å². The van der Waals surface area contributed by atoms with E-state index >= 15 is 4.39 Å². The highest BCUT2D eigenvalue weighted by Gasteiger charge is 2.25. The molecule has 5 rings (SSSR count). The fourth-order valence-electron chi connectivity index (χ4n) is 5.20. The van der Waals surface area contributed by atoms with Crippen LogP contribution in [0.4, 0.5) is 16.0 Å². The first kappa shape index (κ1) is 29.7. The lowest BCUT2D eigenvalue weighted by atomic mass is 9.91. The Morgan fingerprint density at radius 2 is 1.83 bits per heavy atom. The molecule has 14 heteroatoms. The van der Waals surface area contributed by atoms with Crippen molar-refractivity contribution in [2.75, 3.05) is 31.2 Å². The lowest BCUT2D eigenvalue weighted by Gasteiger charge is -2.32. The summed E-state index contributed by atoms with van der Waals surface area (Å²) >= 11 is 5.94. The van der Waals surface area contributed by atoms with E-state index in [0.29, 0.717) is 23.0 Å². The van der Waals surface area contributed by atoms with Gasteiger partial charge in [-0.05, 0) is 58.0 Å². The van der Waals surface area contributed by atoms with Gasteiger partial charge in [-0.15, -0.1) is 0 Å². The van der Waals surface area contributed by atoms with E-state index in [1.807, 2.05) is 0 Å². The number of rotatable bonds is 8. The number of hydrogen-bond acceptors (Lipinski definition) is 9. The smallest absolute Gasteiger partial charge is 0.267 e. The number of methoxy groups -OCH3 is 1. The third-order valence-electron chi connectivity index (χ3n) is 7.51. The van der Waals surface area contributed by atoms with Crippen LogP contribution in [0.25, 0.3) is 22.2 Å². The van der Waals surface area contributed by atoms with E-state index in [1.54, 1.807) is 13.2 Å². The molecule has 1 saturated carbocycles. The average molecular weight is 616 g/mol. The van der Waals surface area contributed by atoms with Crippen LogP contribution in [0.5, 0.6) is 5.88 Å². The van der Waals surface area contributed by atoms with E-state index in [0.717, 1.165) is 31.7 Å². The molecule has 0 spiro atoms. The first-order valence-electron chi connectivity index (χ1n) is 13.3. The molecule has 0 amide bonds. The van der Waals surface area contributed by atoms with Crippen LogP contribution in [0.15, 0.2) is 52.4 Å². The summed E-state index contributed by atoms with van der Waals surface area (Å²) in [6.45, 7) is 0. The molecular weight excluding hydrogens is 585 g/mol. The van der Waals surface area contributed by atoms with Crippen LogP contribution in [-0.4, -0.2) is 66.1 Å². The molecule has 11 nitrogen and oxygen atoms in total. The molecule has 1 aliphatic carbocycles. The van der Waals surface area contributed by atoms with Crippen molar-refractivity contribution in [1.29, 1.82) is 0 Å². The first-order valence-corrected chi connectivity index (χ1v) is 15.2. The normalized spacial score (nSPS) is 17.4. The van der Waals surface area contributed by atoms with Gasteiger partial charge in [0.25, 0.3) is 15.6 Å². The van der Waals surface area contributed by atoms with Crippen LogP contribution in [0.1, 0.15) is 25.7 Å². The van der Waals surface area contributed by atoms with Gasteiger partial charge in [0.15, 0.2) is 10.7 Å². The van der Waals surface area contributed by atoms with Crippen LogP contribution in [0, 0.1) is 5.82 Å². The predicted molar refractivity (Wildman–Crippen MR) is 160 cm³/mol. The van der Waals surface area contributed by atoms with Crippen molar-refractivity contribution >= 4 is 44.3 Å². The molecule has 1 aliphatic rings. The van der Waals surface area contributed by atoms with Crippen LogP contribution in [-0.2, 0) is 17.1 Å². The van der Waals surface area contributed by atoms with Gasteiger partial charge in [-0.1, -0.05) is 23.7 Å². The first-order chi connectivity index (χ1) is 20.0. The lowest BCUT2D eigenvalue weighted by molar-refractivity contribution is 0.221. The van der Waals surface area contributed by atoms with Gasteiger partial charge in [0, 0.05) is 42.5 Å². The molecule has 0 saturated heterocycles. The summed E-state index contributed by atoms with van der Waals surface area (Å²) in [4.78, 5) is 28.2. The van der Waals surface area contributed by atoms with Crippen molar-refractivity contribution in [1.82, 2.24) is 24.4 Å². The number of sulfonamides is 1. The van der Waals surface area contributed by atoms with E-state index in [9.17, 15) is 13.2 Å². The van der Waals surface area contributed by atoms with Gasteiger partial charge in [0.05, 0.1) is 23.4 Å². The summed E-state index contributed by atoms with van der Waals surface area (Å²) in [5.41, 5.74) is -0.540. The minimum Gasteiger partial charge on any atom is -0.480 e. The lowest BCUT2D eigenvalue weighted by Crippen LogP contribution is -2.36. The van der Waals surface area contributed by atoms with Crippen LogP contribution < -0.4 is 20.3 Å². The number of aromatic nitrogens is 4. The number of nitrogens with zero attached hydrogens (tertiary/aromatic N) is 5. The number of nitrogens with one attached hydrogen (secondary N) is 2. The van der Waals surface area contributed by atoms with Crippen molar-refractivity contribution in [2.45, 2.75) is 42.7 Å². The van der Waals surface area contributed by atoms with E-state index in [1.165, 1.54) is 42.1 Å². The highest BCUT2D eigenvalue weighted by atomic mass is 35.5. The Hall–Kier alpha value is -3.81. The fourth-order valence-corrected chi connectivity index (χ4v) is 6.63. The minimum absolute atomic E-state index is 0.0249. The Kier molecular flexibility index (Phi) is 8.35. The molecule has 222 valence electrons. The molecule has 0 atom stereocenters. The second-order valence-corrected chi connectivity index (χ2v) is 12.5. The summed E-state index contributed by atoms with van der Waals surface area (Å²) in [7, 11) is 2.64. The maximum absolute atomic E-state index is 15.8. The minimum atomic E-state index is -4.35. The molecule has 4 aromatic rings. The zero-order valence-electron chi connectivity index (χ0n) is 23.6. The molecule has 0 radical (unpaired) electrons. The molecule has 42 heavy (non-hydrogen) atoms. The van der Waals surface area contributed by atoms with Gasteiger partial charge in [0.1, 0.15) is 5.65 Å². The highest BCUT2D eigenvalue weighted by Crippen LogP contribution is 2.31. The van der Waals surface area contributed by atoms with Gasteiger partial charge < -0.3 is 15.0 Å². The largest absolute Gasteiger partial charge is 0.480 e. The quantitative estimate of drug-likeness (QED) is 0.298. The van der Waals surface area contributed by atoms with Crippen molar-refractivity contribution < 1.29 is 17.5 Å². The number of halogens is 2. The van der Waals surface area contributed by atoms with Crippen molar-refractivity contribution in [2.24, 2.45) is 7.05 Å². The van der Waals surface area contributed by atoms with Crippen molar-refractivity contribution in [3.05, 3.63) is 63.9 Å². The molecule has 1 fully saturated rings. The van der Waals surface area contributed by atoms with Gasteiger partial charge in [-0.2, -0.15) is 4.98 Å². The van der Waals surface area contributed by atoms with Gasteiger partial charge in [-0.25, -0.2) is 22.8 Å². The third kappa shape index (κ3) is 5.90. The summed E-state index contributed by atoms with van der Waals surface area (Å²) in [6.07, 6.45) is 6.94. The molecule has 2 N–H and O–H groups in total. The molecule has 0 aliphatic heterocycles. The number of benzene rings is 1. The second-order valence-electron chi connectivity index (χ2n) is 10.4. The number of fused-ring (bicyclic) bond motifs is 1. The van der Waals surface area contributed by atoms with Gasteiger partial charge in [-0.3, -0.25) is 14.1 Å². The Morgan fingerprint density at radius 1 is 1.10 bits per heavy atom. The van der Waals surface area contributed by atoms with E-state index in [2.05, 4.69) is 44.0 Å². The van der Waals surface area contributed by atoms with E-state index in [-0.39, 0.29) is 38.7 Å². The molecule has 3 heterocycles. The monoisotopic (exact) mass is 615 g/mol. The number of hydrogen-bond donors (Lipinski definition) is 2. The summed E-state index contributed by atoms with van der Waals surface area (Å²) in [6, 6.07) is 7.54. The third-order valence-corrected chi connectivity index (χ3v) is 9.08. The average Bonchev–Trinajstić information content (AvgIpc) is 2.96. The van der Waals surface area contributed by atoms with Crippen LogP contribution in [0.3, 0.4) is 0 Å². The van der Waals surface area contributed by atoms with Gasteiger partial charge >= 0.3 is 0 Å². The zero-order chi connectivity index (χ0) is 30.2. The maximum Gasteiger partial charge on any atom is 0.267 e. The topological polar surface area (TPSA) is 131 Å². The molecule has 3 aromatic heterocycles. The standard InChI is InChI=1S/C28H31ClFN7O4S/c1-36(2)19-10-8-18(9-11-19)33-28-32-14-16-12-21(27(38)37(3)25(16)34-28)20-6-5-7-22(24(20)30)35-42(39,40)23-13-17(29)15-31-26(23)41-4/h5-7,12-15,18-19,35H,8-11H2,1-4H3,(H,32,33,34)/t18-,19-. The Bertz CT molecular complexity index is 1810. The predicted octanol–water partition coefficient (Wildman–Crippen LogP) is 4.28. The van der Waals surface area contributed by atoms with Crippen LogP contribution in [0.2, 0.25) is 5.02 Å². The number of aryl methyl sites for hydroxylation is 1. The maximum atomic E-state index is 15.8. The number of anilines is 2. The van der Waals surface area contributed by atoms with Gasteiger partial charge in [0.2, 0.25) is 11.8 Å². The van der Waals surface area contributed by atoms with E-state index in [4.69, 9.17) is 16.3 Å².